The number of rotatable bonds is 1. The average Bonchev–Trinajstić information content (AvgIpc) is 2.56. The number of likely N-dealkylation sites (tertiary alicyclic amines) is 1. The molecule has 1 aliphatic heterocycles. The van der Waals surface area contributed by atoms with Crippen molar-refractivity contribution in [1.29, 1.82) is 5.26 Å². The first kappa shape index (κ1) is 13.5. The fourth-order valence-corrected chi connectivity index (χ4v) is 1.60. The second-order valence-electron chi connectivity index (χ2n) is 5.15. The number of carbonyl (C=O) groups excluding carboxylic acids is 1. The Morgan fingerprint density at radius 2 is 2.24 bits per heavy atom. The van der Waals surface area contributed by atoms with E-state index in [1.807, 2.05) is 0 Å². The molecule has 4 nitrogen and oxygen atoms in total. The Hall–Kier alpha value is -1.57. The maximum Gasteiger partial charge on any atom is 0.410 e. The largest absolute Gasteiger partial charge is 0.444 e. The highest BCUT2D eigenvalue weighted by atomic mass is 19.1. The van der Waals surface area contributed by atoms with Crippen LogP contribution in [0.2, 0.25) is 0 Å². The van der Waals surface area contributed by atoms with Gasteiger partial charge in [0.05, 0.1) is 12.6 Å². The second-order valence-corrected chi connectivity index (χ2v) is 5.15. The maximum atomic E-state index is 14.1. The molecule has 1 atom stereocenters. The Bertz CT molecular complexity index is 368. The van der Waals surface area contributed by atoms with Gasteiger partial charge in [-0.3, -0.25) is 0 Å². The molecule has 1 amide bonds. The number of nitrogens with zero attached hydrogens (tertiary/aromatic N) is 2. The lowest BCUT2D eigenvalue weighted by Crippen LogP contribution is -2.37. The Balaban J connectivity index is 2.59. The van der Waals surface area contributed by atoms with E-state index in [1.54, 1.807) is 26.8 Å². The van der Waals surface area contributed by atoms with Gasteiger partial charge in [0.2, 0.25) is 0 Å². The highest BCUT2D eigenvalue weighted by Gasteiger charge is 2.39. The van der Waals surface area contributed by atoms with Crippen LogP contribution in [0.5, 0.6) is 0 Å². The summed E-state index contributed by atoms with van der Waals surface area (Å²) >= 11 is 0. The molecule has 1 rings (SSSR count). The van der Waals surface area contributed by atoms with E-state index in [1.165, 1.54) is 11.0 Å². The Morgan fingerprint density at radius 1 is 1.59 bits per heavy atom. The topological polar surface area (TPSA) is 53.3 Å². The molecular formula is C12H17FN2O2. The van der Waals surface area contributed by atoms with Crippen molar-refractivity contribution in [3.63, 3.8) is 0 Å². The number of amides is 1. The van der Waals surface area contributed by atoms with Crippen LogP contribution in [0.25, 0.3) is 0 Å². The van der Waals surface area contributed by atoms with Crippen molar-refractivity contribution >= 4 is 6.09 Å². The number of ether oxygens (including phenoxy) is 1. The molecule has 5 heteroatoms. The molecule has 1 saturated heterocycles. The molecule has 94 valence electrons. The van der Waals surface area contributed by atoms with Crippen LogP contribution in [-0.4, -0.2) is 35.4 Å². The van der Waals surface area contributed by atoms with Crippen LogP contribution in [0.4, 0.5) is 9.18 Å². The van der Waals surface area contributed by atoms with Gasteiger partial charge in [-0.2, -0.15) is 5.26 Å². The molecule has 0 aromatic heterocycles. The van der Waals surface area contributed by atoms with Crippen LogP contribution in [-0.2, 0) is 4.74 Å². The maximum absolute atomic E-state index is 14.1. The van der Waals surface area contributed by atoms with E-state index in [0.717, 1.165) is 6.08 Å². The summed E-state index contributed by atoms with van der Waals surface area (Å²) in [4.78, 5) is 13.0. The number of hydrogen-bond acceptors (Lipinski definition) is 3. The van der Waals surface area contributed by atoms with Crippen molar-refractivity contribution in [3.05, 3.63) is 12.2 Å². The zero-order valence-electron chi connectivity index (χ0n) is 10.4. The lowest BCUT2D eigenvalue weighted by molar-refractivity contribution is 0.0272. The summed E-state index contributed by atoms with van der Waals surface area (Å²) < 4.78 is 19.2. The molecule has 0 bridgehead atoms. The highest BCUT2D eigenvalue weighted by molar-refractivity contribution is 5.68. The summed E-state index contributed by atoms with van der Waals surface area (Å²) in [5, 5.41) is 8.36. The summed E-state index contributed by atoms with van der Waals surface area (Å²) in [6.45, 7) is 5.54. The third-order valence-corrected chi connectivity index (χ3v) is 2.36. The molecule has 0 aliphatic carbocycles. The van der Waals surface area contributed by atoms with E-state index in [0.29, 0.717) is 6.54 Å². The summed E-state index contributed by atoms with van der Waals surface area (Å²) in [7, 11) is 0. The number of nitriles is 1. The van der Waals surface area contributed by atoms with Gasteiger partial charge in [0.25, 0.3) is 0 Å². The molecule has 0 aromatic rings. The fourth-order valence-electron chi connectivity index (χ4n) is 1.60. The average molecular weight is 240 g/mol. The molecule has 0 saturated carbocycles. The molecule has 17 heavy (non-hydrogen) atoms. The Labute approximate surface area is 101 Å². The van der Waals surface area contributed by atoms with Gasteiger partial charge in [0.15, 0.2) is 0 Å². The van der Waals surface area contributed by atoms with Gasteiger partial charge in [0, 0.05) is 19.0 Å². The number of allylic oxidation sites excluding steroid dienone is 1. The minimum Gasteiger partial charge on any atom is -0.444 e. The zero-order valence-corrected chi connectivity index (χ0v) is 10.4. The third-order valence-electron chi connectivity index (χ3n) is 2.36. The van der Waals surface area contributed by atoms with E-state index >= 15 is 0 Å². The predicted molar refractivity (Wildman–Crippen MR) is 61.0 cm³/mol. The van der Waals surface area contributed by atoms with Crippen molar-refractivity contribution in [2.75, 3.05) is 13.1 Å². The molecule has 1 unspecified atom stereocenters. The quantitative estimate of drug-likeness (QED) is 0.661. The van der Waals surface area contributed by atoms with Crippen LogP contribution >= 0.6 is 0 Å². The number of halogens is 1. The summed E-state index contributed by atoms with van der Waals surface area (Å²) in [5.74, 6) is 0. The SMILES string of the molecule is CC(C)(C)OC(=O)N1CCC(F)(/C=C/C#N)C1. The number of carbonyl (C=O) groups is 1. The highest BCUT2D eigenvalue weighted by Crippen LogP contribution is 2.28. The predicted octanol–water partition coefficient (Wildman–Crippen LogP) is 2.42. The minimum absolute atomic E-state index is 0.0555. The molecule has 0 N–H and O–H groups in total. The normalized spacial score (nSPS) is 25.0. The molecular weight excluding hydrogens is 223 g/mol. The van der Waals surface area contributed by atoms with Crippen molar-refractivity contribution in [2.45, 2.75) is 38.5 Å². The Kier molecular flexibility index (Phi) is 3.76. The van der Waals surface area contributed by atoms with Crippen LogP contribution < -0.4 is 0 Å². The molecule has 1 fully saturated rings. The second kappa shape index (κ2) is 4.74. The lowest BCUT2D eigenvalue weighted by Gasteiger charge is -2.24. The monoisotopic (exact) mass is 240 g/mol. The van der Waals surface area contributed by atoms with Gasteiger partial charge < -0.3 is 9.64 Å². The molecule has 0 radical (unpaired) electrons. The standard InChI is InChI=1S/C12H17FN2O2/c1-11(2,3)17-10(16)15-8-6-12(13,9-15)5-4-7-14/h4-5H,6,8-9H2,1-3H3/b5-4+. The van der Waals surface area contributed by atoms with Gasteiger partial charge >= 0.3 is 6.09 Å². The van der Waals surface area contributed by atoms with Gasteiger partial charge in [0.1, 0.15) is 11.3 Å². The first-order valence-corrected chi connectivity index (χ1v) is 5.50. The van der Waals surface area contributed by atoms with Crippen LogP contribution in [0.15, 0.2) is 12.2 Å². The van der Waals surface area contributed by atoms with Crippen LogP contribution in [0.3, 0.4) is 0 Å². The van der Waals surface area contributed by atoms with E-state index in [9.17, 15) is 9.18 Å². The zero-order chi connectivity index (χ0) is 13.1. The van der Waals surface area contributed by atoms with Crippen molar-refractivity contribution in [2.24, 2.45) is 0 Å². The van der Waals surface area contributed by atoms with E-state index in [2.05, 4.69) is 0 Å². The van der Waals surface area contributed by atoms with E-state index < -0.39 is 17.4 Å². The number of alkyl halides is 1. The van der Waals surface area contributed by atoms with Crippen molar-refractivity contribution in [1.82, 2.24) is 4.90 Å². The molecule has 1 aliphatic rings. The molecule has 0 aromatic carbocycles. The third kappa shape index (κ3) is 4.06. The first-order valence-electron chi connectivity index (χ1n) is 5.50. The van der Waals surface area contributed by atoms with Gasteiger partial charge in [-0.1, -0.05) is 0 Å². The van der Waals surface area contributed by atoms with E-state index in [4.69, 9.17) is 10.00 Å². The summed E-state index contributed by atoms with van der Waals surface area (Å²) in [6.07, 6.45) is 2.00. The van der Waals surface area contributed by atoms with Gasteiger partial charge in [-0.05, 0) is 26.8 Å². The lowest BCUT2D eigenvalue weighted by atomic mass is 10.1. The van der Waals surface area contributed by atoms with Gasteiger partial charge in [-0.25, -0.2) is 9.18 Å². The van der Waals surface area contributed by atoms with Crippen LogP contribution in [0, 0.1) is 11.3 Å². The fraction of sp³-hybridized carbons (Fsp3) is 0.667. The van der Waals surface area contributed by atoms with Crippen molar-refractivity contribution < 1.29 is 13.9 Å². The molecule has 0 spiro atoms. The molecule has 1 heterocycles. The Morgan fingerprint density at radius 3 is 2.76 bits per heavy atom. The summed E-state index contributed by atoms with van der Waals surface area (Å²) in [5.41, 5.74) is -2.19. The minimum atomic E-state index is -1.60. The smallest absolute Gasteiger partial charge is 0.410 e. The first-order chi connectivity index (χ1) is 7.76. The summed E-state index contributed by atoms with van der Waals surface area (Å²) in [6, 6.07) is 1.75. The van der Waals surface area contributed by atoms with Crippen molar-refractivity contribution in [3.8, 4) is 6.07 Å². The van der Waals surface area contributed by atoms with E-state index in [-0.39, 0.29) is 13.0 Å². The van der Waals surface area contributed by atoms with Crippen LogP contribution in [0.1, 0.15) is 27.2 Å². The number of hydrogen-bond donors (Lipinski definition) is 0. The van der Waals surface area contributed by atoms with Gasteiger partial charge in [-0.15, -0.1) is 0 Å².